The Balaban J connectivity index is 1.27. The fourth-order valence-electron chi connectivity index (χ4n) is 7.04. The number of ketones is 1. The molecule has 0 radical (unpaired) electrons. The molecule has 7 heteroatoms. The minimum absolute atomic E-state index is 0.0660. The van der Waals surface area contributed by atoms with E-state index < -0.39 is 23.7 Å². The monoisotopic (exact) mass is 483 g/mol. The number of benzene rings is 2. The number of Topliss-reactive ketones (excluding diaryl/α,β-unsaturated/α-hetero) is 1. The van der Waals surface area contributed by atoms with Crippen LogP contribution in [0.3, 0.4) is 0 Å². The molecule has 2 aliphatic carbocycles. The number of likely N-dealkylation sites (tertiary alicyclic amines) is 2. The van der Waals surface area contributed by atoms with Crippen molar-refractivity contribution >= 4 is 17.8 Å². The van der Waals surface area contributed by atoms with Crippen LogP contribution in [0.1, 0.15) is 42.4 Å². The van der Waals surface area contributed by atoms with Crippen molar-refractivity contribution in [2.24, 2.45) is 11.8 Å². The van der Waals surface area contributed by atoms with E-state index in [1.807, 2.05) is 54.6 Å². The van der Waals surface area contributed by atoms with Gasteiger partial charge in [-0.25, -0.2) is 11.4 Å². The summed E-state index contributed by atoms with van der Waals surface area (Å²) in [5.41, 5.74) is 2.00. The van der Waals surface area contributed by atoms with Crippen LogP contribution in [0.25, 0.3) is 4.85 Å². The largest absolute Gasteiger partial charge is 0.445 e. The third-order valence-corrected chi connectivity index (χ3v) is 8.76. The summed E-state index contributed by atoms with van der Waals surface area (Å²) in [5, 5.41) is 0. The molecular formula is C29H29N3O4. The molecule has 2 saturated heterocycles. The minimum atomic E-state index is -0.826. The quantitative estimate of drug-likeness (QED) is 0.620. The summed E-state index contributed by atoms with van der Waals surface area (Å²) >= 11 is 0. The summed E-state index contributed by atoms with van der Waals surface area (Å²) < 4.78 is 5.63. The fourth-order valence-corrected chi connectivity index (χ4v) is 7.04. The molecule has 2 heterocycles. The number of fused-ring (bicyclic) bond motifs is 3. The van der Waals surface area contributed by atoms with Gasteiger partial charge in [0.15, 0.2) is 0 Å². The Hall–Kier alpha value is -3.66. The highest BCUT2D eigenvalue weighted by molar-refractivity contribution is 5.99. The number of carbonyl (C=O) groups is 3. The van der Waals surface area contributed by atoms with Crippen LogP contribution in [-0.4, -0.2) is 52.9 Å². The normalized spacial score (nSPS) is 30.4. The molecule has 3 fully saturated rings. The average Bonchev–Trinajstić information content (AvgIpc) is 3.65. The standard InChI is InChI=1S/C29H29N3O4/c1-30-25-15-29(23-13-6-5-10-20(23)14-24(29)33)18-32(25)27(34)26-22-12-7-11-21(22)16-31(26)28(35)36-17-19-8-3-2-4-9-19/h2-6,8-10,13,21-22,25-26H,7,11-12,14-18H2/t21-,22-,25-,26-,29-/m0/s1. The summed E-state index contributed by atoms with van der Waals surface area (Å²) in [6, 6.07) is 16.6. The maximum absolute atomic E-state index is 14.1. The van der Waals surface area contributed by atoms with Crippen molar-refractivity contribution < 1.29 is 19.1 Å². The first kappa shape index (κ1) is 22.8. The van der Waals surface area contributed by atoms with Crippen LogP contribution in [0, 0.1) is 18.4 Å². The lowest BCUT2D eigenvalue weighted by Gasteiger charge is -2.30. The Kier molecular flexibility index (Phi) is 5.55. The molecule has 1 saturated carbocycles. The van der Waals surface area contributed by atoms with E-state index in [0.29, 0.717) is 19.4 Å². The van der Waals surface area contributed by atoms with Crippen molar-refractivity contribution in [2.75, 3.05) is 13.1 Å². The SMILES string of the molecule is [C-]#[N+][C@@H]1C[C@@]2(CN1C(=O)[C@@H]1[C@H]3CCC[C@H]3CN1C(=O)OCc1ccccc1)C(=O)Cc1ccccc12. The Labute approximate surface area is 210 Å². The highest BCUT2D eigenvalue weighted by Crippen LogP contribution is 2.48. The number of rotatable bonds is 3. The van der Waals surface area contributed by atoms with Crippen molar-refractivity contribution in [3.63, 3.8) is 0 Å². The van der Waals surface area contributed by atoms with E-state index in [9.17, 15) is 14.4 Å². The van der Waals surface area contributed by atoms with E-state index in [1.54, 1.807) is 9.80 Å². The van der Waals surface area contributed by atoms with Gasteiger partial charge in [0.05, 0.1) is 11.8 Å². The third kappa shape index (κ3) is 3.50. The van der Waals surface area contributed by atoms with Gasteiger partial charge in [-0.2, -0.15) is 0 Å². The predicted molar refractivity (Wildman–Crippen MR) is 132 cm³/mol. The highest BCUT2D eigenvalue weighted by Gasteiger charge is 2.60. The van der Waals surface area contributed by atoms with E-state index in [1.165, 1.54) is 0 Å². The van der Waals surface area contributed by atoms with Crippen LogP contribution in [0.5, 0.6) is 0 Å². The lowest BCUT2D eigenvalue weighted by atomic mass is 9.80. The molecule has 4 aliphatic rings. The first-order valence-electron chi connectivity index (χ1n) is 12.8. The second kappa shape index (κ2) is 8.77. The summed E-state index contributed by atoms with van der Waals surface area (Å²) in [5.74, 6) is 0.198. The maximum Gasteiger partial charge on any atom is 0.410 e. The van der Waals surface area contributed by atoms with Gasteiger partial charge in [-0.3, -0.25) is 24.2 Å². The minimum Gasteiger partial charge on any atom is -0.445 e. The number of hydrogen-bond acceptors (Lipinski definition) is 4. The van der Waals surface area contributed by atoms with Gasteiger partial charge in [0, 0.05) is 19.5 Å². The Morgan fingerprint density at radius 3 is 2.64 bits per heavy atom. The van der Waals surface area contributed by atoms with Crippen molar-refractivity contribution in [2.45, 2.75) is 56.3 Å². The molecule has 5 atom stereocenters. The average molecular weight is 484 g/mol. The molecular weight excluding hydrogens is 454 g/mol. The van der Waals surface area contributed by atoms with Crippen molar-refractivity contribution in [3.8, 4) is 0 Å². The van der Waals surface area contributed by atoms with Crippen LogP contribution in [0.4, 0.5) is 4.79 Å². The van der Waals surface area contributed by atoms with Crippen molar-refractivity contribution in [1.29, 1.82) is 0 Å². The molecule has 0 N–H and O–H groups in total. The molecule has 0 aromatic heterocycles. The number of hydrogen-bond donors (Lipinski definition) is 0. The van der Waals surface area contributed by atoms with Crippen molar-refractivity contribution in [1.82, 2.24) is 9.80 Å². The van der Waals surface area contributed by atoms with E-state index in [0.717, 1.165) is 36.0 Å². The van der Waals surface area contributed by atoms with E-state index in [2.05, 4.69) is 4.85 Å². The van der Waals surface area contributed by atoms with Crippen LogP contribution in [0.2, 0.25) is 0 Å². The molecule has 0 unspecified atom stereocenters. The lowest BCUT2D eigenvalue weighted by molar-refractivity contribution is -0.137. The Bertz CT molecular complexity index is 1250. The van der Waals surface area contributed by atoms with Crippen LogP contribution in [-0.2, 0) is 32.8 Å². The zero-order valence-electron chi connectivity index (χ0n) is 20.1. The van der Waals surface area contributed by atoms with Gasteiger partial charge in [-0.1, -0.05) is 61.0 Å². The van der Waals surface area contributed by atoms with Crippen LogP contribution < -0.4 is 0 Å². The smallest absolute Gasteiger partial charge is 0.410 e. The van der Waals surface area contributed by atoms with Gasteiger partial charge in [0.25, 0.3) is 5.91 Å². The Morgan fingerprint density at radius 2 is 1.83 bits per heavy atom. The van der Waals surface area contributed by atoms with Gasteiger partial charge in [0.1, 0.15) is 18.4 Å². The zero-order valence-corrected chi connectivity index (χ0v) is 20.1. The molecule has 0 bridgehead atoms. The topological polar surface area (TPSA) is 71.3 Å². The number of amides is 2. The molecule has 184 valence electrons. The predicted octanol–water partition coefficient (Wildman–Crippen LogP) is 3.96. The molecule has 2 aromatic rings. The molecule has 6 rings (SSSR count). The zero-order chi connectivity index (χ0) is 24.9. The molecule has 2 amide bonds. The molecule has 2 aliphatic heterocycles. The van der Waals surface area contributed by atoms with Gasteiger partial charge in [-0.05, 0) is 41.4 Å². The second-order valence-electron chi connectivity index (χ2n) is 10.6. The number of nitrogens with zero attached hydrogens (tertiary/aromatic N) is 3. The number of ether oxygens (including phenoxy) is 1. The molecule has 2 aromatic carbocycles. The van der Waals surface area contributed by atoms with Crippen LogP contribution >= 0.6 is 0 Å². The molecule has 36 heavy (non-hydrogen) atoms. The maximum atomic E-state index is 14.1. The van der Waals surface area contributed by atoms with Gasteiger partial charge >= 0.3 is 12.3 Å². The van der Waals surface area contributed by atoms with Gasteiger partial charge < -0.3 is 4.74 Å². The summed E-state index contributed by atoms with van der Waals surface area (Å²) in [6.07, 6.45) is 2.37. The van der Waals surface area contributed by atoms with E-state index in [-0.39, 0.29) is 36.7 Å². The van der Waals surface area contributed by atoms with E-state index >= 15 is 0 Å². The van der Waals surface area contributed by atoms with Gasteiger partial charge in [0.2, 0.25) is 0 Å². The lowest BCUT2D eigenvalue weighted by Crippen LogP contribution is -2.51. The fraction of sp³-hybridized carbons (Fsp3) is 0.448. The molecule has 7 nitrogen and oxygen atoms in total. The first-order chi connectivity index (χ1) is 17.5. The van der Waals surface area contributed by atoms with Gasteiger partial charge in [-0.15, -0.1) is 0 Å². The highest BCUT2D eigenvalue weighted by atomic mass is 16.6. The van der Waals surface area contributed by atoms with E-state index in [4.69, 9.17) is 11.3 Å². The summed E-state index contributed by atoms with van der Waals surface area (Å²) in [4.78, 5) is 47.6. The number of carbonyl (C=O) groups excluding carboxylic acids is 3. The first-order valence-corrected chi connectivity index (χ1v) is 12.8. The summed E-state index contributed by atoms with van der Waals surface area (Å²) in [7, 11) is 0. The Morgan fingerprint density at radius 1 is 1.06 bits per heavy atom. The van der Waals surface area contributed by atoms with Crippen molar-refractivity contribution in [3.05, 3.63) is 82.7 Å². The van der Waals surface area contributed by atoms with Crippen LogP contribution in [0.15, 0.2) is 54.6 Å². The summed E-state index contributed by atoms with van der Waals surface area (Å²) in [6.45, 7) is 8.70. The second-order valence-corrected chi connectivity index (χ2v) is 10.6. The third-order valence-electron chi connectivity index (χ3n) is 8.76. The molecule has 1 spiro atoms.